The first-order valence-electron chi connectivity index (χ1n) is 7.50. The zero-order valence-electron chi connectivity index (χ0n) is 13.0. The van der Waals surface area contributed by atoms with E-state index in [1.165, 1.54) is 6.33 Å². The van der Waals surface area contributed by atoms with Crippen LogP contribution in [0.4, 0.5) is 5.82 Å². The van der Waals surface area contributed by atoms with Gasteiger partial charge in [0.2, 0.25) is 5.88 Å². The standard InChI is InChI=1S/C18H15N5O/c1-11-3-2-4-15(23-11)24-13-7-5-12(6-8-13)14-9-20-18-16(14)17(19)21-10-22-18/h2-10H,1H3,(H3,19,20,21,22). The number of aryl methyl sites for hydroxylation is 1. The van der Waals surface area contributed by atoms with E-state index in [-0.39, 0.29) is 0 Å². The molecule has 4 rings (SSSR count). The summed E-state index contributed by atoms with van der Waals surface area (Å²) in [5.41, 5.74) is 9.59. The van der Waals surface area contributed by atoms with Gasteiger partial charge in [-0.1, -0.05) is 18.2 Å². The number of nitrogens with one attached hydrogen (secondary N) is 1. The minimum Gasteiger partial charge on any atom is -0.439 e. The van der Waals surface area contributed by atoms with Gasteiger partial charge in [0, 0.05) is 23.5 Å². The highest BCUT2D eigenvalue weighted by atomic mass is 16.5. The second kappa shape index (κ2) is 5.66. The van der Waals surface area contributed by atoms with E-state index in [2.05, 4.69) is 19.9 Å². The highest BCUT2D eigenvalue weighted by molar-refractivity contribution is 6.00. The number of fused-ring (bicyclic) bond motifs is 1. The predicted molar refractivity (Wildman–Crippen MR) is 92.8 cm³/mol. The van der Waals surface area contributed by atoms with Gasteiger partial charge in [-0.25, -0.2) is 15.0 Å². The maximum Gasteiger partial charge on any atom is 0.219 e. The first-order chi connectivity index (χ1) is 11.7. The van der Waals surface area contributed by atoms with E-state index < -0.39 is 0 Å². The van der Waals surface area contributed by atoms with E-state index in [1.807, 2.05) is 55.6 Å². The molecule has 0 radical (unpaired) electrons. The number of anilines is 1. The lowest BCUT2D eigenvalue weighted by atomic mass is 10.1. The van der Waals surface area contributed by atoms with Crippen LogP contribution in [-0.4, -0.2) is 19.9 Å². The third-order valence-corrected chi connectivity index (χ3v) is 3.75. The molecule has 0 aliphatic carbocycles. The highest BCUT2D eigenvalue weighted by Crippen LogP contribution is 2.32. The van der Waals surface area contributed by atoms with Gasteiger partial charge in [0.25, 0.3) is 0 Å². The summed E-state index contributed by atoms with van der Waals surface area (Å²) < 4.78 is 5.77. The Morgan fingerprint density at radius 1 is 1.04 bits per heavy atom. The number of rotatable bonds is 3. The number of H-pyrrole nitrogens is 1. The van der Waals surface area contributed by atoms with E-state index in [4.69, 9.17) is 10.5 Å². The molecule has 0 saturated carbocycles. The van der Waals surface area contributed by atoms with Crippen molar-refractivity contribution in [2.75, 3.05) is 5.73 Å². The third-order valence-electron chi connectivity index (χ3n) is 3.75. The molecule has 6 heteroatoms. The summed E-state index contributed by atoms with van der Waals surface area (Å²) in [6, 6.07) is 13.4. The number of ether oxygens (including phenoxy) is 1. The van der Waals surface area contributed by atoms with Crippen LogP contribution in [0.1, 0.15) is 5.69 Å². The monoisotopic (exact) mass is 317 g/mol. The van der Waals surface area contributed by atoms with Gasteiger partial charge >= 0.3 is 0 Å². The summed E-state index contributed by atoms with van der Waals surface area (Å²) in [7, 11) is 0. The SMILES string of the molecule is Cc1cccc(Oc2ccc(-c3c[nH]c4ncnc(N)c34)cc2)n1. The second-order valence-electron chi connectivity index (χ2n) is 5.43. The lowest BCUT2D eigenvalue weighted by Crippen LogP contribution is -1.92. The van der Waals surface area contributed by atoms with Crippen LogP contribution in [-0.2, 0) is 0 Å². The van der Waals surface area contributed by atoms with E-state index in [0.29, 0.717) is 11.7 Å². The Balaban J connectivity index is 1.66. The zero-order chi connectivity index (χ0) is 16.5. The molecule has 6 nitrogen and oxygen atoms in total. The van der Waals surface area contributed by atoms with Crippen molar-refractivity contribution < 1.29 is 4.74 Å². The number of hydrogen-bond acceptors (Lipinski definition) is 5. The van der Waals surface area contributed by atoms with E-state index in [9.17, 15) is 0 Å². The van der Waals surface area contributed by atoms with Crippen molar-refractivity contribution in [1.29, 1.82) is 0 Å². The fourth-order valence-electron chi connectivity index (χ4n) is 2.61. The average Bonchev–Trinajstić information content (AvgIpc) is 3.01. The number of nitrogen functional groups attached to an aromatic ring is 1. The summed E-state index contributed by atoms with van der Waals surface area (Å²) in [6.45, 7) is 1.93. The molecule has 0 saturated heterocycles. The Morgan fingerprint density at radius 3 is 2.67 bits per heavy atom. The molecule has 0 aliphatic heterocycles. The predicted octanol–water partition coefficient (Wildman–Crippen LogP) is 3.70. The van der Waals surface area contributed by atoms with Gasteiger partial charge < -0.3 is 15.5 Å². The van der Waals surface area contributed by atoms with Crippen molar-refractivity contribution in [1.82, 2.24) is 19.9 Å². The van der Waals surface area contributed by atoms with Crippen molar-refractivity contribution in [2.24, 2.45) is 0 Å². The molecule has 0 spiro atoms. The molecule has 118 valence electrons. The maximum absolute atomic E-state index is 5.98. The maximum atomic E-state index is 5.98. The Kier molecular flexibility index (Phi) is 3.35. The largest absolute Gasteiger partial charge is 0.439 e. The zero-order valence-corrected chi connectivity index (χ0v) is 13.0. The fraction of sp³-hybridized carbons (Fsp3) is 0.0556. The lowest BCUT2D eigenvalue weighted by molar-refractivity contribution is 0.462. The summed E-state index contributed by atoms with van der Waals surface area (Å²) in [6.07, 6.45) is 3.33. The van der Waals surface area contributed by atoms with Crippen LogP contribution in [0.25, 0.3) is 22.2 Å². The van der Waals surface area contributed by atoms with Gasteiger partial charge in [-0.15, -0.1) is 0 Å². The molecule has 0 bridgehead atoms. The van der Waals surface area contributed by atoms with Crippen LogP contribution >= 0.6 is 0 Å². The topological polar surface area (TPSA) is 89.7 Å². The highest BCUT2D eigenvalue weighted by Gasteiger charge is 2.11. The number of aromatic amines is 1. The Labute approximate surface area is 138 Å². The fourth-order valence-corrected chi connectivity index (χ4v) is 2.61. The number of nitrogens with zero attached hydrogens (tertiary/aromatic N) is 3. The first kappa shape index (κ1) is 14.2. The summed E-state index contributed by atoms with van der Waals surface area (Å²) >= 11 is 0. The van der Waals surface area contributed by atoms with E-state index in [1.54, 1.807) is 0 Å². The number of aromatic nitrogens is 4. The quantitative estimate of drug-likeness (QED) is 0.601. The van der Waals surface area contributed by atoms with Crippen LogP contribution in [0.3, 0.4) is 0 Å². The first-order valence-corrected chi connectivity index (χ1v) is 7.50. The van der Waals surface area contributed by atoms with Gasteiger partial charge in [0.15, 0.2) is 0 Å². The van der Waals surface area contributed by atoms with Gasteiger partial charge in [0.05, 0.1) is 5.39 Å². The van der Waals surface area contributed by atoms with Crippen molar-refractivity contribution >= 4 is 16.9 Å². The Bertz CT molecular complexity index is 1010. The van der Waals surface area contributed by atoms with E-state index in [0.717, 1.165) is 33.6 Å². The molecule has 0 atom stereocenters. The molecule has 3 aromatic heterocycles. The molecule has 1 aromatic carbocycles. The van der Waals surface area contributed by atoms with Crippen molar-refractivity contribution in [3.8, 4) is 22.8 Å². The van der Waals surface area contributed by atoms with Crippen molar-refractivity contribution in [2.45, 2.75) is 6.92 Å². The smallest absolute Gasteiger partial charge is 0.219 e. The molecule has 0 fully saturated rings. The lowest BCUT2D eigenvalue weighted by Gasteiger charge is -2.06. The second-order valence-corrected chi connectivity index (χ2v) is 5.43. The third kappa shape index (κ3) is 2.54. The number of hydrogen-bond donors (Lipinski definition) is 2. The van der Waals surface area contributed by atoms with Crippen LogP contribution < -0.4 is 10.5 Å². The average molecular weight is 317 g/mol. The van der Waals surface area contributed by atoms with Crippen LogP contribution in [0.15, 0.2) is 55.0 Å². The minimum absolute atomic E-state index is 0.459. The van der Waals surface area contributed by atoms with Gasteiger partial charge in [-0.05, 0) is 30.7 Å². The summed E-state index contributed by atoms with van der Waals surface area (Å²) in [4.78, 5) is 15.7. The molecular formula is C18H15N5O. The van der Waals surface area contributed by atoms with Crippen molar-refractivity contribution in [3.05, 3.63) is 60.7 Å². The van der Waals surface area contributed by atoms with E-state index >= 15 is 0 Å². The normalized spacial score (nSPS) is 10.9. The molecular weight excluding hydrogens is 302 g/mol. The van der Waals surface area contributed by atoms with Crippen LogP contribution in [0.2, 0.25) is 0 Å². The van der Waals surface area contributed by atoms with Crippen LogP contribution in [0, 0.1) is 6.92 Å². The number of pyridine rings is 1. The van der Waals surface area contributed by atoms with Crippen molar-refractivity contribution in [3.63, 3.8) is 0 Å². The molecule has 3 heterocycles. The summed E-state index contributed by atoms with van der Waals surface area (Å²) in [5, 5.41) is 0.825. The molecule has 0 aliphatic rings. The van der Waals surface area contributed by atoms with Crippen LogP contribution in [0.5, 0.6) is 11.6 Å². The van der Waals surface area contributed by atoms with Gasteiger partial charge in [0.1, 0.15) is 23.5 Å². The molecule has 24 heavy (non-hydrogen) atoms. The minimum atomic E-state index is 0.459. The van der Waals surface area contributed by atoms with Gasteiger partial charge in [-0.2, -0.15) is 0 Å². The molecule has 4 aromatic rings. The number of benzene rings is 1. The Hall–Kier alpha value is -3.41. The molecule has 0 amide bonds. The summed E-state index contributed by atoms with van der Waals surface area (Å²) in [5.74, 6) is 1.76. The number of nitrogens with two attached hydrogens (primary N) is 1. The van der Waals surface area contributed by atoms with Gasteiger partial charge in [-0.3, -0.25) is 0 Å². The molecule has 3 N–H and O–H groups in total. The molecule has 0 unspecified atom stereocenters. The Morgan fingerprint density at radius 2 is 1.88 bits per heavy atom.